The number of carboxylic acid groups (broad SMARTS) is 1. The van der Waals surface area contributed by atoms with E-state index < -0.39 is 39.2 Å². The number of alkyl halides is 3. The van der Waals surface area contributed by atoms with E-state index in [1.54, 1.807) is 13.8 Å². The van der Waals surface area contributed by atoms with Crippen molar-refractivity contribution in [1.29, 1.82) is 0 Å². The van der Waals surface area contributed by atoms with E-state index in [0.29, 0.717) is 6.07 Å². The minimum absolute atomic E-state index is 0.178. The van der Waals surface area contributed by atoms with E-state index in [2.05, 4.69) is 4.18 Å². The summed E-state index contributed by atoms with van der Waals surface area (Å²) in [7, 11) is -5.98. The Bertz CT molecular complexity index is 1020. The summed E-state index contributed by atoms with van der Waals surface area (Å²) in [5, 5.41) is 10.7. The van der Waals surface area contributed by atoms with Gasteiger partial charge in [-0.1, -0.05) is 13.8 Å². The third-order valence-electron chi connectivity index (χ3n) is 3.30. The lowest BCUT2D eigenvalue weighted by Crippen LogP contribution is -2.28. The van der Waals surface area contributed by atoms with Crippen LogP contribution in [0.5, 0.6) is 5.75 Å². The first-order chi connectivity index (χ1) is 11.8. The summed E-state index contributed by atoms with van der Waals surface area (Å²) >= 11 is 0. The molecule has 11 heteroatoms. The van der Waals surface area contributed by atoms with Crippen LogP contribution in [0.4, 0.5) is 13.2 Å². The summed E-state index contributed by atoms with van der Waals surface area (Å²) in [6.45, 7) is 3.36. The number of hydrogen-bond donors (Lipinski definition) is 0. The van der Waals surface area contributed by atoms with Gasteiger partial charge >= 0.3 is 15.6 Å². The van der Waals surface area contributed by atoms with Gasteiger partial charge in [-0.05, 0) is 11.6 Å². The van der Waals surface area contributed by atoms with Crippen molar-refractivity contribution in [2.75, 3.05) is 0 Å². The summed E-state index contributed by atoms with van der Waals surface area (Å²) in [4.78, 5) is 23.1. The zero-order valence-electron chi connectivity index (χ0n) is 13.4. The Morgan fingerprint density at radius 2 is 1.88 bits per heavy atom. The first kappa shape index (κ1) is 19.8. The van der Waals surface area contributed by atoms with Gasteiger partial charge in [0.1, 0.15) is 17.1 Å². The molecule has 0 amide bonds. The summed E-state index contributed by atoms with van der Waals surface area (Å²) in [6.07, 6.45) is -0.856. The van der Waals surface area contributed by atoms with Crippen molar-refractivity contribution in [3.63, 3.8) is 0 Å². The SMILES string of the molecule is CC(C)c1cc(=O)c2c(CC(=O)[O-])cc(OS(=O)(=O)C(F)(F)F)cc2o1. The zero-order valence-corrected chi connectivity index (χ0v) is 14.2. The van der Waals surface area contributed by atoms with Crippen LogP contribution < -0.4 is 14.7 Å². The quantitative estimate of drug-likeness (QED) is 0.558. The lowest BCUT2D eigenvalue weighted by molar-refractivity contribution is -0.304. The maximum absolute atomic E-state index is 12.5. The molecule has 142 valence electrons. The Kier molecular flexibility index (Phi) is 5.04. The van der Waals surface area contributed by atoms with E-state index in [1.807, 2.05) is 0 Å². The van der Waals surface area contributed by atoms with Gasteiger partial charge in [-0.25, -0.2) is 0 Å². The number of rotatable bonds is 5. The third-order valence-corrected chi connectivity index (χ3v) is 4.28. The highest BCUT2D eigenvalue weighted by atomic mass is 32.2. The van der Waals surface area contributed by atoms with E-state index in [4.69, 9.17) is 4.42 Å². The Morgan fingerprint density at radius 1 is 1.27 bits per heavy atom. The normalized spacial score (nSPS) is 12.5. The summed E-state index contributed by atoms with van der Waals surface area (Å²) < 4.78 is 69.2. The van der Waals surface area contributed by atoms with Crippen LogP contribution in [0.15, 0.2) is 27.4 Å². The minimum Gasteiger partial charge on any atom is -0.550 e. The van der Waals surface area contributed by atoms with Crippen LogP contribution in [-0.2, 0) is 21.3 Å². The molecule has 0 aliphatic carbocycles. The standard InChI is InChI=1S/C15H13F3O7S/c1-7(2)11-6-10(19)14-8(4-13(20)21)3-9(5-12(14)24-11)25-26(22,23)15(16,17)18/h3,5-7H,4H2,1-2H3,(H,20,21)/p-1. The number of carbonyl (C=O) groups excluding carboxylic acids is 1. The Hall–Kier alpha value is -2.56. The molecule has 0 aliphatic rings. The number of carboxylic acids is 1. The van der Waals surface area contributed by atoms with Gasteiger partial charge < -0.3 is 18.5 Å². The number of hydrogen-bond acceptors (Lipinski definition) is 7. The molecule has 0 saturated heterocycles. The molecule has 0 N–H and O–H groups in total. The van der Waals surface area contributed by atoms with Crippen LogP contribution in [0, 0.1) is 0 Å². The summed E-state index contributed by atoms with van der Waals surface area (Å²) in [5.74, 6) is -2.55. The van der Waals surface area contributed by atoms with Gasteiger partial charge in [0.05, 0.1) is 5.39 Å². The van der Waals surface area contributed by atoms with Crippen LogP contribution in [0.1, 0.15) is 31.1 Å². The van der Waals surface area contributed by atoms with Gasteiger partial charge in [-0.3, -0.25) is 4.79 Å². The molecule has 2 aromatic rings. The number of benzene rings is 1. The van der Waals surface area contributed by atoms with Gasteiger partial charge in [-0.2, -0.15) is 21.6 Å². The molecule has 1 aromatic heterocycles. The van der Waals surface area contributed by atoms with Crippen molar-refractivity contribution < 1.29 is 40.1 Å². The largest absolute Gasteiger partial charge is 0.550 e. The molecule has 0 aliphatic heterocycles. The second-order valence-electron chi connectivity index (χ2n) is 5.66. The van der Waals surface area contributed by atoms with Crippen LogP contribution in [-0.4, -0.2) is 19.9 Å². The topological polar surface area (TPSA) is 114 Å². The van der Waals surface area contributed by atoms with Gasteiger partial charge in [0.25, 0.3) is 0 Å². The molecule has 0 saturated carbocycles. The van der Waals surface area contributed by atoms with E-state index in [1.165, 1.54) is 0 Å². The van der Waals surface area contributed by atoms with Crippen molar-refractivity contribution in [2.45, 2.75) is 31.7 Å². The van der Waals surface area contributed by atoms with E-state index in [9.17, 15) is 36.3 Å². The Morgan fingerprint density at radius 3 is 2.38 bits per heavy atom. The molecule has 1 heterocycles. The fraction of sp³-hybridized carbons (Fsp3) is 0.333. The number of halogens is 3. The van der Waals surface area contributed by atoms with E-state index in [-0.39, 0.29) is 28.2 Å². The molecule has 1 aromatic carbocycles. The van der Waals surface area contributed by atoms with Gasteiger partial charge in [-0.15, -0.1) is 0 Å². The van der Waals surface area contributed by atoms with Crippen LogP contribution >= 0.6 is 0 Å². The van der Waals surface area contributed by atoms with Crippen molar-refractivity contribution >= 4 is 27.1 Å². The molecule has 0 radical (unpaired) electrons. The van der Waals surface area contributed by atoms with Crippen LogP contribution in [0.25, 0.3) is 11.0 Å². The molecular formula is C15H12F3O7S-. The molecule has 0 unspecified atom stereocenters. The minimum atomic E-state index is -5.98. The van der Waals surface area contributed by atoms with Crippen molar-refractivity contribution in [2.24, 2.45) is 0 Å². The highest BCUT2D eigenvalue weighted by Gasteiger charge is 2.48. The molecule has 2 rings (SSSR count). The number of carbonyl (C=O) groups is 1. The van der Waals surface area contributed by atoms with Crippen LogP contribution in [0.2, 0.25) is 0 Å². The monoisotopic (exact) mass is 393 g/mol. The van der Waals surface area contributed by atoms with E-state index in [0.717, 1.165) is 12.1 Å². The summed E-state index contributed by atoms with van der Waals surface area (Å²) in [6, 6.07) is 2.62. The first-order valence-electron chi connectivity index (χ1n) is 7.13. The van der Waals surface area contributed by atoms with Crippen molar-refractivity contribution in [3.05, 3.63) is 39.7 Å². The summed E-state index contributed by atoms with van der Waals surface area (Å²) in [5.41, 5.74) is -6.90. The second-order valence-corrected chi connectivity index (χ2v) is 7.19. The molecule has 0 fully saturated rings. The maximum Gasteiger partial charge on any atom is 0.534 e. The predicted molar refractivity (Wildman–Crippen MR) is 80.9 cm³/mol. The average Bonchev–Trinajstić information content (AvgIpc) is 2.43. The fourth-order valence-electron chi connectivity index (χ4n) is 2.16. The maximum atomic E-state index is 12.5. The highest BCUT2D eigenvalue weighted by Crippen LogP contribution is 2.31. The third kappa shape index (κ3) is 3.98. The molecule has 0 bridgehead atoms. The van der Waals surface area contributed by atoms with Gasteiger partial charge in [0.15, 0.2) is 5.43 Å². The molecule has 7 nitrogen and oxygen atoms in total. The number of fused-ring (bicyclic) bond motifs is 1. The smallest absolute Gasteiger partial charge is 0.534 e. The van der Waals surface area contributed by atoms with Crippen molar-refractivity contribution in [1.82, 2.24) is 0 Å². The van der Waals surface area contributed by atoms with Gasteiger partial charge in [0, 0.05) is 30.4 Å². The second kappa shape index (κ2) is 6.63. The Balaban J connectivity index is 2.73. The van der Waals surface area contributed by atoms with Gasteiger partial charge in [0.2, 0.25) is 0 Å². The van der Waals surface area contributed by atoms with Crippen molar-refractivity contribution in [3.8, 4) is 5.75 Å². The lowest BCUT2D eigenvalue weighted by Gasteiger charge is -2.13. The molecule has 0 atom stereocenters. The van der Waals surface area contributed by atoms with Crippen LogP contribution in [0.3, 0.4) is 0 Å². The fourth-order valence-corrected chi connectivity index (χ4v) is 2.61. The first-order valence-corrected chi connectivity index (χ1v) is 8.54. The highest BCUT2D eigenvalue weighted by molar-refractivity contribution is 7.88. The lowest BCUT2D eigenvalue weighted by atomic mass is 10.0. The molecular weight excluding hydrogens is 381 g/mol. The average molecular weight is 393 g/mol. The Labute approximate surface area is 145 Å². The molecule has 0 spiro atoms. The predicted octanol–water partition coefficient (Wildman–Crippen LogP) is 1.44. The number of aliphatic carboxylic acids is 1. The molecule has 26 heavy (non-hydrogen) atoms. The van der Waals surface area contributed by atoms with E-state index >= 15 is 0 Å². The zero-order chi connectivity index (χ0) is 19.9.